The maximum atomic E-state index is 13.0. The van der Waals surface area contributed by atoms with Gasteiger partial charge in [-0.05, 0) is 36.4 Å². The minimum atomic E-state index is -2.50. The number of para-hydroxylation sites is 1. The highest BCUT2D eigenvalue weighted by Crippen LogP contribution is 2.27. The SMILES string of the molecule is O=C(CSc1nc(-c2ccccc2)cc(=O)n1-c1ccccc1)Nc1ccc(SC(F)F)cc1. The van der Waals surface area contributed by atoms with Crippen LogP contribution < -0.4 is 10.9 Å². The number of carbonyl (C=O) groups excluding carboxylic acids is 1. The standard InChI is InChI=1S/C25H19F2N3O2S2/c26-24(27)34-20-13-11-18(12-14-20)28-22(31)16-33-25-29-21(17-7-3-1-4-8-17)15-23(32)30(25)19-9-5-2-6-10-19/h1-15,24H,16H2,(H,28,31). The van der Waals surface area contributed by atoms with Gasteiger partial charge in [0.2, 0.25) is 5.91 Å². The van der Waals surface area contributed by atoms with E-state index in [1.165, 1.54) is 22.8 Å². The molecule has 4 aromatic rings. The molecule has 0 bridgehead atoms. The number of alkyl halides is 2. The number of anilines is 1. The average Bonchev–Trinajstić information content (AvgIpc) is 2.84. The van der Waals surface area contributed by atoms with E-state index >= 15 is 0 Å². The molecule has 0 unspecified atom stereocenters. The molecule has 0 atom stereocenters. The number of nitrogens with zero attached hydrogens (tertiary/aromatic N) is 2. The number of hydrogen-bond acceptors (Lipinski definition) is 5. The first-order chi connectivity index (χ1) is 16.5. The Morgan fingerprint density at radius 2 is 1.59 bits per heavy atom. The van der Waals surface area contributed by atoms with Crippen LogP contribution in [0.15, 0.2) is 106 Å². The second-order valence-corrected chi connectivity index (χ2v) is 9.04. The van der Waals surface area contributed by atoms with Crippen LogP contribution in [0.2, 0.25) is 0 Å². The minimum absolute atomic E-state index is 0.00501. The summed E-state index contributed by atoms with van der Waals surface area (Å²) in [4.78, 5) is 30.7. The molecular weight excluding hydrogens is 476 g/mol. The quantitative estimate of drug-likeness (QED) is 0.242. The van der Waals surface area contributed by atoms with Crippen LogP contribution in [0.1, 0.15) is 0 Å². The van der Waals surface area contributed by atoms with E-state index in [0.29, 0.717) is 38.9 Å². The number of thioether (sulfide) groups is 2. The lowest BCUT2D eigenvalue weighted by Crippen LogP contribution is -2.22. The highest BCUT2D eigenvalue weighted by Gasteiger charge is 2.14. The number of aromatic nitrogens is 2. The highest BCUT2D eigenvalue weighted by atomic mass is 32.2. The van der Waals surface area contributed by atoms with Gasteiger partial charge < -0.3 is 5.32 Å². The molecule has 0 spiro atoms. The minimum Gasteiger partial charge on any atom is -0.325 e. The van der Waals surface area contributed by atoms with E-state index in [1.54, 1.807) is 24.3 Å². The van der Waals surface area contributed by atoms with Crippen molar-refractivity contribution in [2.75, 3.05) is 11.1 Å². The van der Waals surface area contributed by atoms with Gasteiger partial charge in [0.05, 0.1) is 17.1 Å². The van der Waals surface area contributed by atoms with Gasteiger partial charge in [-0.1, -0.05) is 72.1 Å². The van der Waals surface area contributed by atoms with Gasteiger partial charge in [-0.3, -0.25) is 14.2 Å². The second-order valence-electron chi connectivity index (χ2n) is 7.04. The number of amides is 1. The van der Waals surface area contributed by atoms with Crippen LogP contribution in [0.4, 0.5) is 14.5 Å². The van der Waals surface area contributed by atoms with Gasteiger partial charge in [-0.2, -0.15) is 8.78 Å². The summed E-state index contributed by atoms with van der Waals surface area (Å²) in [6.45, 7) is 0. The Morgan fingerprint density at radius 3 is 2.24 bits per heavy atom. The van der Waals surface area contributed by atoms with Gasteiger partial charge in [0, 0.05) is 22.2 Å². The van der Waals surface area contributed by atoms with Crippen molar-refractivity contribution in [3.05, 3.63) is 101 Å². The molecule has 1 aromatic heterocycles. The molecule has 0 saturated carbocycles. The fourth-order valence-electron chi connectivity index (χ4n) is 3.18. The summed E-state index contributed by atoms with van der Waals surface area (Å²) in [5, 5.41) is 3.13. The van der Waals surface area contributed by atoms with E-state index in [1.807, 2.05) is 48.5 Å². The zero-order valence-electron chi connectivity index (χ0n) is 17.7. The van der Waals surface area contributed by atoms with Crippen molar-refractivity contribution in [3.63, 3.8) is 0 Å². The van der Waals surface area contributed by atoms with Gasteiger partial charge >= 0.3 is 0 Å². The van der Waals surface area contributed by atoms with Crippen LogP contribution in [-0.4, -0.2) is 27.0 Å². The van der Waals surface area contributed by atoms with E-state index in [-0.39, 0.29) is 17.2 Å². The van der Waals surface area contributed by atoms with Gasteiger partial charge in [0.25, 0.3) is 11.3 Å². The molecule has 0 radical (unpaired) electrons. The first-order valence-electron chi connectivity index (χ1n) is 10.2. The van der Waals surface area contributed by atoms with Crippen molar-refractivity contribution in [3.8, 4) is 16.9 Å². The number of rotatable bonds is 8. The predicted octanol–water partition coefficient (Wildman–Crippen LogP) is 5.95. The van der Waals surface area contributed by atoms with Crippen molar-refractivity contribution < 1.29 is 13.6 Å². The van der Waals surface area contributed by atoms with E-state index in [2.05, 4.69) is 10.3 Å². The Hall–Kier alpha value is -3.43. The van der Waals surface area contributed by atoms with E-state index < -0.39 is 5.76 Å². The van der Waals surface area contributed by atoms with Crippen molar-refractivity contribution in [1.29, 1.82) is 0 Å². The molecule has 172 valence electrons. The zero-order valence-corrected chi connectivity index (χ0v) is 19.4. The molecule has 9 heteroatoms. The third-order valence-electron chi connectivity index (χ3n) is 4.67. The molecule has 1 heterocycles. The third-order valence-corrected chi connectivity index (χ3v) is 6.33. The summed E-state index contributed by atoms with van der Waals surface area (Å²) in [6, 6.07) is 26.1. The molecule has 0 aliphatic rings. The number of halogens is 2. The summed E-state index contributed by atoms with van der Waals surface area (Å²) >= 11 is 1.58. The molecule has 34 heavy (non-hydrogen) atoms. The summed E-state index contributed by atoms with van der Waals surface area (Å²) in [6.07, 6.45) is 0. The molecule has 5 nitrogen and oxygen atoms in total. The normalized spacial score (nSPS) is 10.9. The molecule has 0 fully saturated rings. The molecule has 1 N–H and O–H groups in total. The van der Waals surface area contributed by atoms with Gasteiger partial charge in [0.1, 0.15) is 0 Å². The Kier molecular flexibility index (Phi) is 7.76. The largest absolute Gasteiger partial charge is 0.325 e. The van der Waals surface area contributed by atoms with Crippen molar-refractivity contribution >= 4 is 35.1 Å². The third kappa shape index (κ3) is 6.12. The number of nitrogens with one attached hydrogen (secondary N) is 1. The van der Waals surface area contributed by atoms with E-state index in [9.17, 15) is 18.4 Å². The van der Waals surface area contributed by atoms with Crippen molar-refractivity contribution in [1.82, 2.24) is 9.55 Å². The summed E-state index contributed by atoms with van der Waals surface area (Å²) < 4.78 is 26.4. The highest BCUT2D eigenvalue weighted by molar-refractivity contribution is 8.00. The van der Waals surface area contributed by atoms with Crippen LogP contribution in [0.3, 0.4) is 0 Å². The molecular formula is C25H19F2N3O2S2. The number of hydrogen-bond donors (Lipinski definition) is 1. The second kappa shape index (κ2) is 11.1. The number of benzene rings is 3. The zero-order chi connectivity index (χ0) is 23.9. The smallest absolute Gasteiger partial charge is 0.288 e. The summed E-state index contributed by atoms with van der Waals surface area (Å²) in [5.74, 6) is -2.80. The van der Waals surface area contributed by atoms with Gasteiger partial charge in [0.15, 0.2) is 5.16 Å². The van der Waals surface area contributed by atoms with Crippen LogP contribution in [0, 0.1) is 0 Å². The average molecular weight is 496 g/mol. The lowest BCUT2D eigenvalue weighted by molar-refractivity contribution is -0.113. The lowest BCUT2D eigenvalue weighted by Gasteiger charge is -2.13. The summed E-state index contributed by atoms with van der Waals surface area (Å²) in [7, 11) is 0. The monoisotopic (exact) mass is 495 g/mol. The van der Waals surface area contributed by atoms with Gasteiger partial charge in [-0.25, -0.2) is 4.98 Å². The Bertz CT molecular complexity index is 1320. The maximum Gasteiger partial charge on any atom is 0.288 e. The maximum absolute atomic E-state index is 13.0. The number of carbonyl (C=O) groups is 1. The first-order valence-corrected chi connectivity index (χ1v) is 12.1. The molecule has 3 aromatic carbocycles. The molecule has 4 rings (SSSR count). The van der Waals surface area contributed by atoms with Crippen molar-refractivity contribution in [2.45, 2.75) is 15.8 Å². The molecule has 0 saturated heterocycles. The van der Waals surface area contributed by atoms with Crippen LogP contribution >= 0.6 is 23.5 Å². The molecule has 0 aliphatic carbocycles. The first kappa shape index (κ1) is 23.7. The van der Waals surface area contributed by atoms with E-state index in [4.69, 9.17) is 0 Å². The predicted molar refractivity (Wildman–Crippen MR) is 133 cm³/mol. The Balaban J connectivity index is 1.55. The van der Waals surface area contributed by atoms with Crippen LogP contribution in [-0.2, 0) is 4.79 Å². The topological polar surface area (TPSA) is 64.0 Å². The van der Waals surface area contributed by atoms with Gasteiger partial charge in [-0.15, -0.1) is 0 Å². The Labute approximate surface area is 203 Å². The fraction of sp³-hybridized carbons (Fsp3) is 0.0800. The Morgan fingerprint density at radius 1 is 0.941 bits per heavy atom. The fourth-order valence-corrected chi connectivity index (χ4v) is 4.50. The van der Waals surface area contributed by atoms with E-state index in [0.717, 1.165) is 17.3 Å². The molecule has 0 aliphatic heterocycles. The lowest BCUT2D eigenvalue weighted by atomic mass is 10.1. The summed E-state index contributed by atoms with van der Waals surface area (Å²) in [5.41, 5.74) is 2.21. The van der Waals surface area contributed by atoms with Crippen LogP contribution in [0.25, 0.3) is 16.9 Å². The molecule has 1 amide bonds. The van der Waals surface area contributed by atoms with Crippen LogP contribution in [0.5, 0.6) is 0 Å². The van der Waals surface area contributed by atoms with Crippen molar-refractivity contribution in [2.24, 2.45) is 0 Å².